The summed E-state index contributed by atoms with van der Waals surface area (Å²) in [6.07, 6.45) is 3.20. The zero-order valence-corrected chi connectivity index (χ0v) is 11.8. The second-order valence-electron chi connectivity index (χ2n) is 4.60. The van der Waals surface area contributed by atoms with Crippen LogP contribution in [0.1, 0.15) is 35.8 Å². The molecule has 0 bridgehead atoms. The first-order valence-electron chi connectivity index (χ1n) is 6.75. The van der Waals surface area contributed by atoms with Crippen molar-refractivity contribution >= 4 is 11.6 Å². The van der Waals surface area contributed by atoms with E-state index >= 15 is 0 Å². The largest absolute Gasteiger partial charge is 0.322 e. The maximum Gasteiger partial charge on any atom is 0.257 e. The van der Waals surface area contributed by atoms with E-state index in [0.717, 1.165) is 12.2 Å². The summed E-state index contributed by atoms with van der Waals surface area (Å²) in [6, 6.07) is 11.7. The summed E-state index contributed by atoms with van der Waals surface area (Å²) in [5, 5.41) is 6.21. The second kappa shape index (κ2) is 6.82. The van der Waals surface area contributed by atoms with Gasteiger partial charge >= 0.3 is 0 Å². The molecule has 0 aliphatic carbocycles. The number of hydrogen-bond acceptors (Lipinski definition) is 3. The molecule has 1 heterocycles. The van der Waals surface area contributed by atoms with Gasteiger partial charge in [0, 0.05) is 24.1 Å². The van der Waals surface area contributed by atoms with Gasteiger partial charge in [-0.05, 0) is 43.3 Å². The molecular weight excluding hydrogens is 250 g/mol. The SMILES string of the molecule is CCNC(C)c1ccc(NC(=O)c2cccnc2)cc1. The number of aromatic nitrogens is 1. The van der Waals surface area contributed by atoms with Crippen LogP contribution < -0.4 is 10.6 Å². The van der Waals surface area contributed by atoms with Gasteiger partial charge in [0.05, 0.1) is 5.56 Å². The lowest BCUT2D eigenvalue weighted by atomic mass is 10.1. The predicted molar refractivity (Wildman–Crippen MR) is 80.7 cm³/mol. The van der Waals surface area contributed by atoms with Crippen molar-refractivity contribution in [1.29, 1.82) is 0 Å². The number of nitrogens with one attached hydrogen (secondary N) is 2. The third-order valence-corrected chi connectivity index (χ3v) is 3.10. The summed E-state index contributed by atoms with van der Waals surface area (Å²) < 4.78 is 0. The second-order valence-corrected chi connectivity index (χ2v) is 4.60. The molecule has 1 amide bonds. The van der Waals surface area contributed by atoms with Gasteiger partial charge in [-0.3, -0.25) is 9.78 Å². The fourth-order valence-electron chi connectivity index (χ4n) is 1.98. The zero-order valence-electron chi connectivity index (χ0n) is 11.8. The molecule has 2 aromatic rings. The first-order valence-corrected chi connectivity index (χ1v) is 6.75. The lowest BCUT2D eigenvalue weighted by Crippen LogP contribution is -2.17. The Morgan fingerprint density at radius 1 is 1.25 bits per heavy atom. The van der Waals surface area contributed by atoms with Crippen molar-refractivity contribution in [2.24, 2.45) is 0 Å². The van der Waals surface area contributed by atoms with E-state index in [1.165, 1.54) is 5.56 Å². The Morgan fingerprint density at radius 2 is 2.00 bits per heavy atom. The van der Waals surface area contributed by atoms with Crippen LogP contribution >= 0.6 is 0 Å². The lowest BCUT2D eigenvalue weighted by Gasteiger charge is -2.13. The fourth-order valence-corrected chi connectivity index (χ4v) is 1.98. The van der Waals surface area contributed by atoms with Crippen molar-refractivity contribution < 1.29 is 4.79 Å². The van der Waals surface area contributed by atoms with Crippen LogP contribution in [0.25, 0.3) is 0 Å². The lowest BCUT2D eigenvalue weighted by molar-refractivity contribution is 0.102. The van der Waals surface area contributed by atoms with Gasteiger partial charge in [-0.15, -0.1) is 0 Å². The first kappa shape index (κ1) is 14.2. The van der Waals surface area contributed by atoms with Crippen LogP contribution in [-0.4, -0.2) is 17.4 Å². The predicted octanol–water partition coefficient (Wildman–Crippen LogP) is 3.00. The van der Waals surface area contributed by atoms with Crippen LogP contribution in [0.3, 0.4) is 0 Å². The molecule has 2 rings (SSSR count). The topological polar surface area (TPSA) is 54.0 Å². The Morgan fingerprint density at radius 3 is 2.60 bits per heavy atom. The van der Waals surface area contributed by atoms with Gasteiger partial charge in [0.15, 0.2) is 0 Å². The Hall–Kier alpha value is -2.20. The maximum absolute atomic E-state index is 12.0. The van der Waals surface area contributed by atoms with Crippen molar-refractivity contribution in [3.8, 4) is 0 Å². The molecule has 0 radical (unpaired) electrons. The molecule has 0 aliphatic heterocycles. The first-order chi connectivity index (χ1) is 9.70. The summed E-state index contributed by atoms with van der Waals surface area (Å²) in [6.45, 7) is 5.13. The molecule has 0 saturated carbocycles. The molecule has 20 heavy (non-hydrogen) atoms. The molecular formula is C16H19N3O. The van der Waals surface area contributed by atoms with Crippen LogP contribution in [0.4, 0.5) is 5.69 Å². The molecule has 1 atom stereocenters. The van der Waals surface area contributed by atoms with E-state index in [1.807, 2.05) is 24.3 Å². The molecule has 1 aromatic heterocycles. The molecule has 4 nitrogen and oxygen atoms in total. The molecule has 0 fully saturated rings. The van der Waals surface area contributed by atoms with E-state index < -0.39 is 0 Å². The molecule has 0 saturated heterocycles. The molecule has 0 spiro atoms. The van der Waals surface area contributed by atoms with Crippen LogP contribution in [0.5, 0.6) is 0 Å². The highest BCUT2D eigenvalue weighted by Crippen LogP contribution is 2.16. The number of carbonyl (C=O) groups is 1. The molecule has 0 aliphatic rings. The number of amides is 1. The van der Waals surface area contributed by atoms with Crippen molar-refractivity contribution in [2.75, 3.05) is 11.9 Å². The highest BCUT2D eigenvalue weighted by atomic mass is 16.1. The van der Waals surface area contributed by atoms with E-state index in [2.05, 4.69) is 29.5 Å². The molecule has 1 unspecified atom stereocenters. The Kier molecular flexibility index (Phi) is 4.85. The fraction of sp³-hybridized carbons (Fsp3) is 0.250. The molecule has 2 N–H and O–H groups in total. The number of pyridine rings is 1. The number of anilines is 1. The van der Waals surface area contributed by atoms with Crippen molar-refractivity contribution in [3.63, 3.8) is 0 Å². The van der Waals surface area contributed by atoms with E-state index in [1.54, 1.807) is 24.5 Å². The number of nitrogens with zero attached hydrogens (tertiary/aromatic N) is 1. The van der Waals surface area contributed by atoms with E-state index in [4.69, 9.17) is 0 Å². The Bertz CT molecular complexity index is 552. The van der Waals surface area contributed by atoms with Gasteiger partial charge in [-0.2, -0.15) is 0 Å². The minimum Gasteiger partial charge on any atom is -0.322 e. The van der Waals surface area contributed by atoms with Crippen LogP contribution in [0.2, 0.25) is 0 Å². The standard InChI is InChI=1S/C16H19N3O/c1-3-18-12(2)13-6-8-15(9-7-13)19-16(20)14-5-4-10-17-11-14/h4-12,18H,3H2,1-2H3,(H,19,20). The van der Waals surface area contributed by atoms with E-state index in [-0.39, 0.29) is 5.91 Å². The minimum atomic E-state index is -0.148. The van der Waals surface area contributed by atoms with E-state index in [9.17, 15) is 4.79 Å². The van der Waals surface area contributed by atoms with Gasteiger partial charge in [-0.1, -0.05) is 19.1 Å². The van der Waals surface area contributed by atoms with Gasteiger partial charge in [0.25, 0.3) is 5.91 Å². The molecule has 4 heteroatoms. The zero-order chi connectivity index (χ0) is 14.4. The summed E-state index contributed by atoms with van der Waals surface area (Å²) in [7, 11) is 0. The summed E-state index contributed by atoms with van der Waals surface area (Å²) >= 11 is 0. The highest BCUT2D eigenvalue weighted by molar-refractivity contribution is 6.03. The van der Waals surface area contributed by atoms with Gasteiger partial charge in [0.2, 0.25) is 0 Å². The van der Waals surface area contributed by atoms with Crippen LogP contribution in [0.15, 0.2) is 48.8 Å². The van der Waals surface area contributed by atoms with Crippen LogP contribution in [0, 0.1) is 0 Å². The quantitative estimate of drug-likeness (QED) is 0.877. The normalized spacial score (nSPS) is 11.9. The van der Waals surface area contributed by atoms with Crippen molar-refractivity contribution in [1.82, 2.24) is 10.3 Å². The highest BCUT2D eigenvalue weighted by Gasteiger charge is 2.07. The summed E-state index contributed by atoms with van der Waals surface area (Å²) in [5.41, 5.74) is 2.54. The monoisotopic (exact) mass is 269 g/mol. The Labute approximate surface area is 119 Å². The third kappa shape index (κ3) is 3.65. The number of rotatable bonds is 5. The third-order valence-electron chi connectivity index (χ3n) is 3.10. The van der Waals surface area contributed by atoms with Gasteiger partial charge in [0.1, 0.15) is 0 Å². The van der Waals surface area contributed by atoms with Crippen LogP contribution in [-0.2, 0) is 0 Å². The van der Waals surface area contributed by atoms with Gasteiger partial charge < -0.3 is 10.6 Å². The van der Waals surface area contributed by atoms with Crippen molar-refractivity contribution in [2.45, 2.75) is 19.9 Å². The maximum atomic E-state index is 12.0. The molecule has 1 aromatic carbocycles. The van der Waals surface area contributed by atoms with Gasteiger partial charge in [-0.25, -0.2) is 0 Å². The smallest absolute Gasteiger partial charge is 0.257 e. The average Bonchev–Trinajstić information content (AvgIpc) is 2.49. The number of benzene rings is 1. The summed E-state index contributed by atoms with van der Waals surface area (Å²) in [5.74, 6) is -0.148. The van der Waals surface area contributed by atoms with Crippen molar-refractivity contribution in [3.05, 3.63) is 59.9 Å². The number of hydrogen-bond donors (Lipinski definition) is 2. The summed E-state index contributed by atoms with van der Waals surface area (Å²) in [4.78, 5) is 15.9. The average molecular weight is 269 g/mol. The van der Waals surface area contributed by atoms with E-state index in [0.29, 0.717) is 11.6 Å². The minimum absolute atomic E-state index is 0.148. The molecule has 104 valence electrons. The Balaban J connectivity index is 2.02. The number of carbonyl (C=O) groups excluding carboxylic acids is 1.